The highest BCUT2D eigenvalue weighted by molar-refractivity contribution is 6.42. The highest BCUT2D eigenvalue weighted by atomic mass is 35.5. The van der Waals surface area contributed by atoms with Gasteiger partial charge in [0.15, 0.2) is 5.78 Å². The van der Waals surface area contributed by atoms with Crippen LogP contribution in [0.3, 0.4) is 0 Å². The van der Waals surface area contributed by atoms with Gasteiger partial charge in [-0.3, -0.25) is 14.5 Å². The van der Waals surface area contributed by atoms with Gasteiger partial charge < -0.3 is 0 Å². The van der Waals surface area contributed by atoms with Crippen molar-refractivity contribution in [2.24, 2.45) is 0 Å². The average Bonchev–Trinajstić information content (AvgIpc) is 2.64. The van der Waals surface area contributed by atoms with E-state index < -0.39 is 0 Å². The Balaban J connectivity index is 1.90. The smallest absolute Gasteiger partial charge is 0.232 e. The molecular weight excluding hydrogens is 369 g/mol. The molecule has 0 spiro atoms. The van der Waals surface area contributed by atoms with Crippen LogP contribution in [0, 0.1) is 0 Å². The molecule has 0 saturated carbocycles. The van der Waals surface area contributed by atoms with Crippen molar-refractivity contribution in [2.45, 2.75) is 31.6 Å². The topological polar surface area (TPSA) is 37.4 Å². The number of para-hydroxylation sites is 1. The molecule has 1 heterocycles. The van der Waals surface area contributed by atoms with Gasteiger partial charge in [-0.25, -0.2) is 0 Å². The van der Waals surface area contributed by atoms with E-state index in [4.69, 9.17) is 23.2 Å². The Hall–Kier alpha value is -2.10. The maximum absolute atomic E-state index is 13.0. The van der Waals surface area contributed by atoms with Crippen molar-refractivity contribution in [1.82, 2.24) is 0 Å². The molecule has 0 saturated heterocycles. The predicted molar refractivity (Wildman–Crippen MR) is 104 cm³/mol. The summed E-state index contributed by atoms with van der Waals surface area (Å²) in [4.78, 5) is 27.6. The summed E-state index contributed by atoms with van der Waals surface area (Å²) in [5, 5.41) is 0.859. The molecule has 26 heavy (non-hydrogen) atoms. The molecule has 1 atom stereocenters. The largest absolute Gasteiger partial charge is 0.294 e. The van der Waals surface area contributed by atoms with Gasteiger partial charge in [0.05, 0.1) is 10.0 Å². The molecule has 1 amide bonds. The van der Waals surface area contributed by atoms with Gasteiger partial charge in [0, 0.05) is 35.7 Å². The molecule has 3 nitrogen and oxygen atoms in total. The van der Waals surface area contributed by atoms with Crippen molar-refractivity contribution < 1.29 is 9.59 Å². The number of nitrogens with zero attached hydrogens (tertiary/aromatic N) is 1. The van der Waals surface area contributed by atoms with Crippen LogP contribution >= 0.6 is 23.2 Å². The first-order chi connectivity index (χ1) is 12.6. The number of Topliss-reactive ketones (excluding diaryl/α,β-unsaturated/α-hetero) is 1. The van der Waals surface area contributed by atoms with Crippen molar-refractivity contribution in [3.8, 4) is 0 Å². The highest BCUT2D eigenvalue weighted by Crippen LogP contribution is 2.45. The summed E-state index contributed by atoms with van der Waals surface area (Å²) < 4.78 is 0. The van der Waals surface area contributed by atoms with Crippen LogP contribution in [-0.2, 0) is 9.59 Å². The van der Waals surface area contributed by atoms with E-state index in [1.807, 2.05) is 42.5 Å². The third-order valence-corrected chi connectivity index (χ3v) is 5.88. The summed E-state index contributed by atoms with van der Waals surface area (Å²) in [6, 6.07) is 14.9. The number of allylic oxidation sites excluding steroid dienone is 2. The number of amides is 1. The number of anilines is 1. The monoisotopic (exact) mass is 385 g/mol. The molecule has 0 N–H and O–H groups in total. The van der Waals surface area contributed by atoms with Crippen LogP contribution in [0.4, 0.5) is 5.69 Å². The second kappa shape index (κ2) is 6.90. The van der Waals surface area contributed by atoms with Gasteiger partial charge in [-0.2, -0.15) is 0 Å². The highest BCUT2D eigenvalue weighted by Gasteiger charge is 2.40. The SMILES string of the molecule is O=C1CCCC2=C1C(c1cccc(Cl)c1Cl)CC(=O)N2c1ccccc1. The Morgan fingerprint density at radius 3 is 2.46 bits per heavy atom. The minimum Gasteiger partial charge on any atom is -0.294 e. The first-order valence-electron chi connectivity index (χ1n) is 8.66. The lowest BCUT2D eigenvalue weighted by Gasteiger charge is -2.38. The van der Waals surface area contributed by atoms with Crippen LogP contribution < -0.4 is 4.90 Å². The molecule has 5 heteroatoms. The van der Waals surface area contributed by atoms with E-state index in [1.165, 1.54) is 0 Å². The van der Waals surface area contributed by atoms with E-state index in [-0.39, 0.29) is 24.0 Å². The lowest BCUT2D eigenvalue weighted by Crippen LogP contribution is -2.40. The predicted octanol–water partition coefficient (Wildman–Crippen LogP) is 5.52. The molecule has 2 aromatic carbocycles. The number of hydrogen-bond donors (Lipinski definition) is 0. The van der Waals surface area contributed by atoms with Crippen LogP contribution in [0.5, 0.6) is 0 Å². The maximum atomic E-state index is 13.0. The van der Waals surface area contributed by atoms with Crippen LogP contribution in [0.2, 0.25) is 10.0 Å². The summed E-state index contributed by atoms with van der Waals surface area (Å²) in [7, 11) is 0. The molecule has 1 aliphatic carbocycles. The number of halogens is 2. The number of ketones is 1. The standard InChI is InChI=1S/C21H17Cl2NO2/c22-16-9-4-8-14(21(16)23)15-12-19(26)24(13-6-2-1-3-7-13)17-10-5-11-18(25)20(15)17/h1-4,6-9,15H,5,10-12H2. The third-order valence-electron chi connectivity index (χ3n) is 5.05. The first-order valence-corrected chi connectivity index (χ1v) is 9.41. The molecule has 0 fully saturated rings. The lowest BCUT2D eigenvalue weighted by molar-refractivity contribution is -0.119. The van der Waals surface area contributed by atoms with Crippen molar-refractivity contribution >= 4 is 40.6 Å². The Labute approximate surface area is 162 Å². The van der Waals surface area contributed by atoms with E-state index in [9.17, 15) is 9.59 Å². The molecule has 2 aliphatic rings. The molecule has 132 valence electrons. The van der Waals surface area contributed by atoms with Crippen molar-refractivity contribution in [2.75, 3.05) is 4.90 Å². The molecule has 2 aromatic rings. The summed E-state index contributed by atoms with van der Waals surface area (Å²) in [6.07, 6.45) is 2.17. The van der Waals surface area contributed by atoms with Crippen LogP contribution in [0.15, 0.2) is 59.8 Å². The van der Waals surface area contributed by atoms with E-state index >= 15 is 0 Å². The maximum Gasteiger partial charge on any atom is 0.232 e. The number of carbonyl (C=O) groups is 2. The van der Waals surface area contributed by atoms with E-state index in [1.54, 1.807) is 11.0 Å². The summed E-state index contributed by atoms with van der Waals surface area (Å²) in [5.74, 6) is -0.261. The molecule has 0 bridgehead atoms. The molecular formula is C21H17Cl2NO2. The molecule has 0 radical (unpaired) electrons. The quantitative estimate of drug-likeness (QED) is 0.682. The Morgan fingerprint density at radius 2 is 1.69 bits per heavy atom. The van der Waals surface area contributed by atoms with E-state index in [2.05, 4.69) is 0 Å². The van der Waals surface area contributed by atoms with Crippen molar-refractivity contribution in [3.05, 3.63) is 75.4 Å². The summed E-state index contributed by atoms with van der Waals surface area (Å²) >= 11 is 12.6. The average molecular weight is 386 g/mol. The van der Waals surface area contributed by atoms with Crippen molar-refractivity contribution in [3.63, 3.8) is 0 Å². The number of benzene rings is 2. The fourth-order valence-electron chi connectivity index (χ4n) is 3.92. The zero-order valence-electron chi connectivity index (χ0n) is 14.0. The zero-order chi connectivity index (χ0) is 18.3. The van der Waals surface area contributed by atoms with Crippen LogP contribution in [-0.4, -0.2) is 11.7 Å². The van der Waals surface area contributed by atoms with Crippen LogP contribution in [0.25, 0.3) is 0 Å². The van der Waals surface area contributed by atoms with Gasteiger partial charge in [-0.05, 0) is 36.6 Å². The molecule has 0 aromatic heterocycles. The molecule has 1 unspecified atom stereocenters. The normalized spacial score (nSPS) is 20.4. The number of hydrogen-bond acceptors (Lipinski definition) is 2. The second-order valence-electron chi connectivity index (χ2n) is 6.60. The van der Waals surface area contributed by atoms with Crippen molar-refractivity contribution in [1.29, 1.82) is 0 Å². The zero-order valence-corrected chi connectivity index (χ0v) is 15.6. The summed E-state index contributed by atoms with van der Waals surface area (Å²) in [6.45, 7) is 0. The summed E-state index contributed by atoms with van der Waals surface area (Å²) in [5.41, 5.74) is 3.08. The molecule has 4 rings (SSSR count). The Bertz CT molecular complexity index is 921. The van der Waals surface area contributed by atoms with Gasteiger partial charge in [-0.15, -0.1) is 0 Å². The second-order valence-corrected chi connectivity index (χ2v) is 7.39. The Morgan fingerprint density at radius 1 is 0.923 bits per heavy atom. The van der Waals surface area contributed by atoms with Gasteiger partial charge in [0.1, 0.15) is 0 Å². The fourth-order valence-corrected chi connectivity index (χ4v) is 4.36. The molecule has 1 aliphatic heterocycles. The van der Waals surface area contributed by atoms with Crippen LogP contribution in [0.1, 0.15) is 37.2 Å². The first kappa shape index (κ1) is 17.3. The number of rotatable bonds is 2. The van der Waals surface area contributed by atoms with Gasteiger partial charge in [0.25, 0.3) is 0 Å². The van der Waals surface area contributed by atoms with Gasteiger partial charge in [-0.1, -0.05) is 53.5 Å². The Kier molecular flexibility index (Phi) is 4.60. The van der Waals surface area contributed by atoms with Gasteiger partial charge in [0.2, 0.25) is 5.91 Å². The minimum atomic E-state index is -0.337. The third kappa shape index (κ3) is 2.85. The minimum absolute atomic E-state index is 0.0225. The van der Waals surface area contributed by atoms with Gasteiger partial charge >= 0.3 is 0 Å². The van der Waals surface area contributed by atoms with E-state index in [0.29, 0.717) is 28.5 Å². The fraction of sp³-hybridized carbons (Fsp3) is 0.238. The number of carbonyl (C=O) groups excluding carboxylic acids is 2. The lowest BCUT2D eigenvalue weighted by atomic mass is 9.77. The van der Waals surface area contributed by atoms with E-state index in [0.717, 1.165) is 23.4 Å².